The summed E-state index contributed by atoms with van der Waals surface area (Å²) in [6, 6.07) is 4.90. The lowest BCUT2D eigenvalue weighted by molar-refractivity contribution is -0.137. The molecule has 26 heavy (non-hydrogen) atoms. The molecule has 1 aromatic heterocycles. The molecule has 2 aromatic rings. The summed E-state index contributed by atoms with van der Waals surface area (Å²) in [7, 11) is 0. The van der Waals surface area contributed by atoms with Gasteiger partial charge in [-0.25, -0.2) is 4.98 Å². The molecule has 0 atom stereocenters. The monoisotopic (exact) mass is 385 g/mol. The average Bonchev–Trinajstić information content (AvgIpc) is 2.63. The molecule has 0 bridgehead atoms. The van der Waals surface area contributed by atoms with Crippen LogP contribution in [0.5, 0.6) is 0 Å². The summed E-state index contributed by atoms with van der Waals surface area (Å²) in [5.41, 5.74) is -0.661. The lowest BCUT2D eigenvalue weighted by atomic mass is 10.2. The molecule has 0 amide bonds. The maximum absolute atomic E-state index is 12.9. The Bertz CT molecular complexity index is 760. The molecule has 5 nitrogen and oxygen atoms in total. The van der Waals surface area contributed by atoms with Crippen LogP contribution in [0.2, 0.25) is 5.02 Å². The zero-order valence-corrected chi connectivity index (χ0v) is 15.0. The van der Waals surface area contributed by atoms with Gasteiger partial charge in [0.25, 0.3) is 0 Å². The Hall–Kier alpha value is -2.06. The van der Waals surface area contributed by atoms with Crippen molar-refractivity contribution in [2.24, 2.45) is 0 Å². The number of hydrogen-bond donors (Lipinski definition) is 1. The molecule has 0 spiro atoms. The number of benzene rings is 1. The number of nitrogens with zero attached hydrogens (tertiary/aromatic N) is 4. The molecule has 1 saturated heterocycles. The van der Waals surface area contributed by atoms with Crippen LogP contribution in [0.15, 0.2) is 30.5 Å². The van der Waals surface area contributed by atoms with E-state index in [1.54, 1.807) is 12.3 Å². The van der Waals surface area contributed by atoms with Gasteiger partial charge >= 0.3 is 6.18 Å². The van der Waals surface area contributed by atoms with Crippen molar-refractivity contribution in [1.82, 2.24) is 14.9 Å². The quantitative estimate of drug-likeness (QED) is 0.860. The molecule has 2 heterocycles. The largest absolute Gasteiger partial charge is 0.416 e. The average molecular weight is 386 g/mol. The third-order valence-corrected chi connectivity index (χ3v) is 4.65. The SMILES string of the molecule is CCN1CCN(c2ccnc(Nc3cc(C(F)(F)F)ccc3Cl)n2)CC1. The molecule has 1 N–H and O–H groups in total. The summed E-state index contributed by atoms with van der Waals surface area (Å²) >= 11 is 6.02. The molecular weight excluding hydrogens is 367 g/mol. The summed E-state index contributed by atoms with van der Waals surface area (Å²) < 4.78 is 38.7. The number of aromatic nitrogens is 2. The zero-order valence-electron chi connectivity index (χ0n) is 14.2. The molecule has 1 fully saturated rings. The van der Waals surface area contributed by atoms with Crippen molar-refractivity contribution in [1.29, 1.82) is 0 Å². The summed E-state index contributed by atoms with van der Waals surface area (Å²) in [6.07, 6.45) is -2.86. The predicted octanol–water partition coefficient (Wildman–Crippen LogP) is 4.03. The molecule has 0 aliphatic carbocycles. The van der Waals surface area contributed by atoms with Crippen LogP contribution in [-0.4, -0.2) is 47.6 Å². The number of rotatable bonds is 4. The number of likely N-dealkylation sites (N-methyl/N-ethyl adjacent to an activating group) is 1. The number of piperazine rings is 1. The van der Waals surface area contributed by atoms with Gasteiger partial charge in [0.05, 0.1) is 16.3 Å². The van der Waals surface area contributed by atoms with Gasteiger partial charge in [0, 0.05) is 32.4 Å². The van der Waals surface area contributed by atoms with Crippen molar-refractivity contribution < 1.29 is 13.2 Å². The van der Waals surface area contributed by atoms with Crippen LogP contribution in [0.4, 0.5) is 30.6 Å². The van der Waals surface area contributed by atoms with Crippen molar-refractivity contribution in [3.05, 3.63) is 41.0 Å². The van der Waals surface area contributed by atoms with Gasteiger partial charge in [-0.1, -0.05) is 18.5 Å². The Labute approximate surface area is 154 Å². The molecule has 9 heteroatoms. The maximum Gasteiger partial charge on any atom is 0.416 e. The summed E-state index contributed by atoms with van der Waals surface area (Å²) in [5.74, 6) is 0.947. The molecular formula is C17H19ClF3N5. The highest BCUT2D eigenvalue weighted by Gasteiger charge is 2.31. The molecule has 140 valence electrons. The van der Waals surface area contributed by atoms with Crippen LogP contribution in [0.25, 0.3) is 0 Å². The lowest BCUT2D eigenvalue weighted by Gasteiger charge is -2.34. The lowest BCUT2D eigenvalue weighted by Crippen LogP contribution is -2.46. The molecule has 1 aliphatic heterocycles. The highest BCUT2D eigenvalue weighted by atomic mass is 35.5. The Morgan fingerprint density at radius 1 is 1.15 bits per heavy atom. The van der Waals surface area contributed by atoms with Crippen LogP contribution in [0.3, 0.4) is 0 Å². The minimum atomic E-state index is -4.44. The second kappa shape index (κ2) is 7.67. The minimum Gasteiger partial charge on any atom is -0.354 e. The second-order valence-corrected chi connectivity index (χ2v) is 6.38. The first-order valence-electron chi connectivity index (χ1n) is 8.31. The Kier molecular flexibility index (Phi) is 5.52. The van der Waals surface area contributed by atoms with E-state index in [0.29, 0.717) is 0 Å². The van der Waals surface area contributed by atoms with Crippen molar-refractivity contribution >= 4 is 29.1 Å². The van der Waals surface area contributed by atoms with E-state index in [-0.39, 0.29) is 16.7 Å². The van der Waals surface area contributed by atoms with Crippen molar-refractivity contribution in [3.8, 4) is 0 Å². The van der Waals surface area contributed by atoms with E-state index >= 15 is 0 Å². The number of alkyl halides is 3. The van der Waals surface area contributed by atoms with Crippen molar-refractivity contribution in [2.75, 3.05) is 42.9 Å². The molecule has 0 radical (unpaired) electrons. The summed E-state index contributed by atoms with van der Waals surface area (Å²) in [6.45, 7) is 6.72. The van der Waals surface area contributed by atoms with Crippen LogP contribution in [-0.2, 0) is 6.18 Å². The fraction of sp³-hybridized carbons (Fsp3) is 0.412. The molecule has 0 saturated carbocycles. The van der Waals surface area contributed by atoms with E-state index in [1.807, 2.05) is 0 Å². The minimum absolute atomic E-state index is 0.120. The van der Waals surface area contributed by atoms with Crippen LogP contribution < -0.4 is 10.2 Å². The summed E-state index contributed by atoms with van der Waals surface area (Å²) in [5, 5.41) is 2.96. The van der Waals surface area contributed by atoms with Gasteiger partial charge in [-0.15, -0.1) is 0 Å². The van der Waals surface area contributed by atoms with Gasteiger partial charge in [0.15, 0.2) is 0 Å². The molecule has 0 unspecified atom stereocenters. The van der Waals surface area contributed by atoms with E-state index in [4.69, 9.17) is 11.6 Å². The van der Waals surface area contributed by atoms with Crippen LogP contribution in [0, 0.1) is 0 Å². The van der Waals surface area contributed by atoms with Gasteiger partial charge in [-0.3, -0.25) is 0 Å². The van der Waals surface area contributed by atoms with Gasteiger partial charge in [0.1, 0.15) is 5.82 Å². The van der Waals surface area contributed by atoms with E-state index in [9.17, 15) is 13.2 Å². The predicted molar refractivity (Wildman–Crippen MR) is 96.1 cm³/mol. The van der Waals surface area contributed by atoms with Crippen molar-refractivity contribution in [3.63, 3.8) is 0 Å². The van der Waals surface area contributed by atoms with E-state index in [0.717, 1.165) is 50.7 Å². The second-order valence-electron chi connectivity index (χ2n) is 5.98. The van der Waals surface area contributed by atoms with Crippen molar-refractivity contribution in [2.45, 2.75) is 13.1 Å². The first-order chi connectivity index (χ1) is 12.4. The first-order valence-corrected chi connectivity index (χ1v) is 8.68. The van der Waals surface area contributed by atoms with E-state index in [2.05, 4.69) is 32.0 Å². The van der Waals surface area contributed by atoms with Crippen LogP contribution >= 0.6 is 11.6 Å². The van der Waals surface area contributed by atoms with Gasteiger partial charge < -0.3 is 15.1 Å². The maximum atomic E-state index is 12.9. The fourth-order valence-electron chi connectivity index (χ4n) is 2.80. The number of halogens is 4. The number of hydrogen-bond acceptors (Lipinski definition) is 5. The molecule has 1 aliphatic rings. The number of nitrogens with one attached hydrogen (secondary N) is 1. The first kappa shape index (κ1) is 18.7. The standard InChI is InChI=1S/C17H19ClF3N5/c1-2-25-7-9-26(10-8-25)15-5-6-22-16(24-15)23-14-11-12(17(19,20)21)3-4-13(14)18/h3-6,11H,2,7-10H2,1H3,(H,22,23,24). The van der Waals surface area contributed by atoms with Gasteiger partial charge in [0.2, 0.25) is 5.95 Å². The third kappa shape index (κ3) is 4.37. The Morgan fingerprint density at radius 2 is 1.88 bits per heavy atom. The van der Waals surface area contributed by atoms with Gasteiger partial charge in [-0.05, 0) is 30.8 Å². The Morgan fingerprint density at radius 3 is 2.54 bits per heavy atom. The highest BCUT2D eigenvalue weighted by Crippen LogP contribution is 2.34. The van der Waals surface area contributed by atoms with E-state index in [1.165, 1.54) is 6.07 Å². The smallest absolute Gasteiger partial charge is 0.354 e. The topological polar surface area (TPSA) is 44.3 Å². The van der Waals surface area contributed by atoms with Gasteiger partial charge in [-0.2, -0.15) is 18.2 Å². The number of anilines is 3. The zero-order chi connectivity index (χ0) is 18.7. The molecule has 1 aromatic carbocycles. The fourth-order valence-corrected chi connectivity index (χ4v) is 2.96. The third-order valence-electron chi connectivity index (χ3n) is 4.32. The normalized spacial score (nSPS) is 16.0. The van der Waals surface area contributed by atoms with Crippen LogP contribution in [0.1, 0.15) is 12.5 Å². The highest BCUT2D eigenvalue weighted by molar-refractivity contribution is 6.33. The molecule has 3 rings (SSSR count). The Balaban J connectivity index is 1.77. The van der Waals surface area contributed by atoms with E-state index < -0.39 is 11.7 Å². The summed E-state index contributed by atoms with van der Waals surface area (Å²) in [4.78, 5) is 13.0.